The van der Waals surface area contributed by atoms with Gasteiger partial charge in [-0.3, -0.25) is 25.2 Å². The molecule has 2 aromatic carbocycles. The van der Waals surface area contributed by atoms with Crippen molar-refractivity contribution in [1.29, 1.82) is 0 Å². The largest absolute Gasteiger partial charge is 0.494 e. The Bertz CT molecular complexity index is 1120. The molecule has 0 aliphatic rings. The molecular formula is C23H26N4O4. The SMILES string of the molecule is CCCCCn1nc(C(=O)NNC(=O)c2ccc(OCC)cc2)c2ccccc2c1=O. The lowest BCUT2D eigenvalue weighted by Crippen LogP contribution is -2.42. The molecule has 0 saturated heterocycles. The fourth-order valence-electron chi connectivity index (χ4n) is 3.18. The van der Waals surface area contributed by atoms with Gasteiger partial charge in [-0.2, -0.15) is 5.10 Å². The molecule has 0 atom stereocenters. The number of benzene rings is 2. The highest BCUT2D eigenvalue weighted by atomic mass is 16.5. The van der Waals surface area contributed by atoms with Gasteiger partial charge in [0, 0.05) is 17.5 Å². The van der Waals surface area contributed by atoms with E-state index in [0.717, 1.165) is 19.3 Å². The summed E-state index contributed by atoms with van der Waals surface area (Å²) in [7, 11) is 0. The molecule has 3 rings (SSSR count). The minimum atomic E-state index is -0.597. The molecular weight excluding hydrogens is 396 g/mol. The van der Waals surface area contributed by atoms with Gasteiger partial charge in [-0.05, 0) is 43.7 Å². The number of hydrogen-bond acceptors (Lipinski definition) is 5. The molecule has 2 amide bonds. The highest BCUT2D eigenvalue weighted by molar-refractivity contribution is 6.06. The number of carbonyl (C=O) groups excluding carboxylic acids is 2. The van der Waals surface area contributed by atoms with Crippen molar-refractivity contribution in [2.75, 3.05) is 6.61 Å². The quantitative estimate of drug-likeness (QED) is 0.429. The normalized spacial score (nSPS) is 10.6. The number of ether oxygens (including phenoxy) is 1. The molecule has 1 heterocycles. The Labute approximate surface area is 180 Å². The van der Waals surface area contributed by atoms with Crippen LogP contribution in [-0.2, 0) is 6.54 Å². The number of hydrogen-bond donors (Lipinski definition) is 2. The van der Waals surface area contributed by atoms with Crippen molar-refractivity contribution in [2.45, 2.75) is 39.7 Å². The molecule has 2 N–H and O–H groups in total. The zero-order valence-electron chi connectivity index (χ0n) is 17.7. The van der Waals surface area contributed by atoms with Gasteiger partial charge in [-0.1, -0.05) is 38.0 Å². The van der Waals surface area contributed by atoms with Gasteiger partial charge < -0.3 is 4.74 Å². The third kappa shape index (κ3) is 5.28. The van der Waals surface area contributed by atoms with Crippen LogP contribution in [-0.4, -0.2) is 28.2 Å². The predicted octanol–water partition coefficient (Wildman–Crippen LogP) is 3.06. The molecule has 8 nitrogen and oxygen atoms in total. The summed E-state index contributed by atoms with van der Waals surface area (Å²) < 4.78 is 6.68. The number of hydrazine groups is 1. The van der Waals surface area contributed by atoms with Gasteiger partial charge in [-0.15, -0.1) is 0 Å². The van der Waals surface area contributed by atoms with Crippen LogP contribution in [0, 0.1) is 0 Å². The van der Waals surface area contributed by atoms with E-state index in [4.69, 9.17) is 4.74 Å². The molecule has 162 valence electrons. The van der Waals surface area contributed by atoms with Crippen LogP contribution in [0.25, 0.3) is 10.8 Å². The molecule has 31 heavy (non-hydrogen) atoms. The molecule has 3 aromatic rings. The lowest BCUT2D eigenvalue weighted by atomic mass is 10.1. The Kier molecular flexibility index (Phi) is 7.37. The average molecular weight is 422 g/mol. The second kappa shape index (κ2) is 10.4. The monoisotopic (exact) mass is 422 g/mol. The molecule has 0 fully saturated rings. The molecule has 0 radical (unpaired) electrons. The van der Waals surface area contributed by atoms with Gasteiger partial charge in [-0.25, -0.2) is 4.68 Å². The Morgan fingerprint density at radius 2 is 1.61 bits per heavy atom. The number of aromatic nitrogens is 2. The van der Waals surface area contributed by atoms with Crippen LogP contribution in [0.3, 0.4) is 0 Å². The summed E-state index contributed by atoms with van der Waals surface area (Å²) >= 11 is 0. The number of rotatable bonds is 8. The summed E-state index contributed by atoms with van der Waals surface area (Å²) in [5.41, 5.74) is 5.00. The van der Waals surface area contributed by atoms with Crippen molar-refractivity contribution in [2.24, 2.45) is 0 Å². The minimum absolute atomic E-state index is 0.0821. The average Bonchev–Trinajstić information content (AvgIpc) is 2.79. The van der Waals surface area contributed by atoms with Crippen molar-refractivity contribution in [3.8, 4) is 5.75 Å². The van der Waals surface area contributed by atoms with Crippen LogP contribution in [0.15, 0.2) is 53.3 Å². The minimum Gasteiger partial charge on any atom is -0.494 e. The highest BCUT2D eigenvalue weighted by Gasteiger charge is 2.17. The summed E-state index contributed by atoms with van der Waals surface area (Å²) in [6.07, 6.45) is 2.76. The van der Waals surface area contributed by atoms with Crippen molar-refractivity contribution < 1.29 is 14.3 Å². The summed E-state index contributed by atoms with van der Waals surface area (Å²) in [6, 6.07) is 13.4. The standard InChI is InChI=1S/C23H26N4O4/c1-3-5-8-15-27-23(30)19-10-7-6-9-18(19)20(26-27)22(29)25-24-21(28)16-11-13-17(14-12-16)31-4-2/h6-7,9-14H,3-5,8,15H2,1-2H3,(H,24,28)(H,25,29). The van der Waals surface area contributed by atoms with E-state index in [1.807, 2.05) is 6.92 Å². The predicted molar refractivity (Wildman–Crippen MR) is 118 cm³/mol. The molecule has 0 bridgehead atoms. The molecule has 0 aliphatic heterocycles. The maximum atomic E-state index is 12.8. The van der Waals surface area contributed by atoms with Crippen LogP contribution in [0.4, 0.5) is 0 Å². The second-order valence-corrected chi connectivity index (χ2v) is 7.00. The van der Waals surface area contributed by atoms with Gasteiger partial charge in [0.2, 0.25) is 0 Å². The van der Waals surface area contributed by atoms with E-state index in [2.05, 4.69) is 22.9 Å². The number of fused-ring (bicyclic) bond motifs is 1. The van der Waals surface area contributed by atoms with Crippen molar-refractivity contribution in [3.63, 3.8) is 0 Å². The number of amides is 2. The maximum Gasteiger partial charge on any atom is 0.290 e. The number of nitrogens with zero attached hydrogens (tertiary/aromatic N) is 2. The van der Waals surface area contributed by atoms with E-state index in [1.165, 1.54) is 4.68 Å². The van der Waals surface area contributed by atoms with Crippen LogP contribution in [0.2, 0.25) is 0 Å². The molecule has 0 spiro atoms. The van der Waals surface area contributed by atoms with E-state index in [9.17, 15) is 14.4 Å². The smallest absolute Gasteiger partial charge is 0.290 e. The lowest BCUT2D eigenvalue weighted by Gasteiger charge is -2.12. The first-order chi connectivity index (χ1) is 15.0. The summed E-state index contributed by atoms with van der Waals surface area (Å²) in [5.74, 6) is -0.416. The Morgan fingerprint density at radius 3 is 2.29 bits per heavy atom. The van der Waals surface area contributed by atoms with E-state index >= 15 is 0 Å². The van der Waals surface area contributed by atoms with Gasteiger partial charge in [0.1, 0.15) is 5.75 Å². The van der Waals surface area contributed by atoms with Gasteiger partial charge in [0.15, 0.2) is 5.69 Å². The maximum absolute atomic E-state index is 12.8. The van der Waals surface area contributed by atoms with Crippen molar-refractivity contribution >= 4 is 22.6 Å². The van der Waals surface area contributed by atoms with Gasteiger partial charge in [0.25, 0.3) is 17.4 Å². The van der Waals surface area contributed by atoms with Crippen LogP contribution >= 0.6 is 0 Å². The number of unbranched alkanes of at least 4 members (excludes halogenated alkanes) is 2. The lowest BCUT2D eigenvalue weighted by molar-refractivity contribution is 0.0843. The van der Waals surface area contributed by atoms with Crippen molar-refractivity contribution in [1.82, 2.24) is 20.6 Å². The number of carbonyl (C=O) groups is 2. The first-order valence-corrected chi connectivity index (χ1v) is 10.4. The molecule has 8 heteroatoms. The van der Waals surface area contributed by atoms with E-state index in [0.29, 0.717) is 35.2 Å². The fourth-order valence-corrected chi connectivity index (χ4v) is 3.18. The Hall–Kier alpha value is -3.68. The van der Waals surface area contributed by atoms with E-state index in [-0.39, 0.29) is 11.3 Å². The zero-order valence-corrected chi connectivity index (χ0v) is 17.7. The summed E-state index contributed by atoms with van der Waals surface area (Å²) in [4.78, 5) is 37.9. The third-order valence-electron chi connectivity index (χ3n) is 4.77. The Balaban J connectivity index is 1.78. The third-order valence-corrected chi connectivity index (χ3v) is 4.77. The fraction of sp³-hybridized carbons (Fsp3) is 0.304. The van der Waals surface area contributed by atoms with E-state index < -0.39 is 11.8 Å². The first kappa shape index (κ1) is 22.0. The van der Waals surface area contributed by atoms with Gasteiger partial charge in [0.05, 0.1) is 12.0 Å². The van der Waals surface area contributed by atoms with Gasteiger partial charge >= 0.3 is 0 Å². The highest BCUT2D eigenvalue weighted by Crippen LogP contribution is 2.14. The zero-order chi connectivity index (χ0) is 22.2. The molecule has 0 aliphatic carbocycles. The summed E-state index contributed by atoms with van der Waals surface area (Å²) in [5, 5.41) is 5.13. The van der Waals surface area contributed by atoms with Crippen LogP contribution in [0.5, 0.6) is 5.75 Å². The first-order valence-electron chi connectivity index (χ1n) is 10.4. The molecule has 1 aromatic heterocycles. The van der Waals surface area contributed by atoms with Crippen LogP contribution < -0.4 is 21.1 Å². The van der Waals surface area contributed by atoms with E-state index in [1.54, 1.807) is 48.5 Å². The summed E-state index contributed by atoms with van der Waals surface area (Å²) in [6.45, 7) is 4.91. The van der Waals surface area contributed by atoms with Crippen molar-refractivity contribution in [3.05, 3.63) is 70.1 Å². The molecule has 0 saturated carbocycles. The number of aryl methyl sites for hydroxylation is 1. The second-order valence-electron chi connectivity index (χ2n) is 7.00. The van der Waals surface area contributed by atoms with Crippen LogP contribution in [0.1, 0.15) is 54.0 Å². The number of nitrogens with one attached hydrogen (secondary N) is 2. The molecule has 0 unspecified atom stereocenters. The topological polar surface area (TPSA) is 102 Å². The Morgan fingerprint density at radius 1 is 0.935 bits per heavy atom.